The van der Waals surface area contributed by atoms with E-state index < -0.39 is 0 Å². The number of nitriles is 1. The van der Waals surface area contributed by atoms with Gasteiger partial charge in [0.25, 0.3) is 11.1 Å². The molecule has 0 saturated carbocycles. The van der Waals surface area contributed by atoms with Gasteiger partial charge in [0.1, 0.15) is 16.8 Å². The average molecular weight is 346 g/mol. The lowest BCUT2D eigenvalue weighted by Crippen LogP contribution is -1.95. The summed E-state index contributed by atoms with van der Waals surface area (Å²) in [5, 5.41) is 18.0. The van der Waals surface area contributed by atoms with Crippen molar-refractivity contribution >= 4 is 23.4 Å². The topological polar surface area (TPSA) is 97.7 Å². The highest BCUT2D eigenvalue weighted by Crippen LogP contribution is 2.26. The molecule has 0 aliphatic rings. The van der Waals surface area contributed by atoms with E-state index >= 15 is 0 Å². The molecule has 0 radical (unpaired) electrons. The first-order chi connectivity index (χ1) is 11.2. The molecule has 0 atom stereocenters. The van der Waals surface area contributed by atoms with Crippen LogP contribution in [0.5, 0.6) is 5.75 Å². The first kappa shape index (κ1) is 15.3. The maximum atomic E-state index is 8.97. The summed E-state index contributed by atoms with van der Waals surface area (Å²) in [6.07, 6.45) is 2.94. The van der Waals surface area contributed by atoms with Gasteiger partial charge in [-0.25, -0.2) is 9.97 Å². The van der Waals surface area contributed by atoms with Gasteiger partial charge in [-0.2, -0.15) is 5.26 Å². The lowest BCUT2D eigenvalue weighted by Gasteiger charge is -2.02. The van der Waals surface area contributed by atoms with Crippen molar-refractivity contribution in [2.24, 2.45) is 0 Å². The number of hydrogen-bond acceptors (Lipinski definition) is 8. The minimum Gasteiger partial charge on any atom is -0.484 e. The van der Waals surface area contributed by atoms with Crippen LogP contribution in [-0.4, -0.2) is 20.2 Å². The molecular formula is C14H8ClN5O2S. The molecule has 0 N–H and O–H groups in total. The van der Waals surface area contributed by atoms with Gasteiger partial charge >= 0.3 is 0 Å². The van der Waals surface area contributed by atoms with E-state index in [9.17, 15) is 0 Å². The van der Waals surface area contributed by atoms with Crippen molar-refractivity contribution in [1.29, 1.82) is 5.26 Å². The molecule has 0 saturated heterocycles. The van der Waals surface area contributed by atoms with Crippen LogP contribution >= 0.6 is 23.4 Å². The van der Waals surface area contributed by atoms with Crippen LogP contribution in [0.2, 0.25) is 5.02 Å². The van der Waals surface area contributed by atoms with E-state index in [0.717, 1.165) is 11.8 Å². The quantitative estimate of drug-likeness (QED) is 0.695. The molecule has 114 valence electrons. The van der Waals surface area contributed by atoms with Crippen LogP contribution in [0.25, 0.3) is 0 Å². The van der Waals surface area contributed by atoms with Crippen LogP contribution in [0.15, 0.2) is 51.3 Å². The molecule has 0 amide bonds. The van der Waals surface area contributed by atoms with Crippen LogP contribution < -0.4 is 4.74 Å². The highest BCUT2D eigenvalue weighted by atomic mass is 35.5. The molecular weight excluding hydrogens is 338 g/mol. The van der Waals surface area contributed by atoms with Crippen LogP contribution in [0.3, 0.4) is 0 Å². The van der Waals surface area contributed by atoms with Crippen molar-refractivity contribution in [3.63, 3.8) is 0 Å². The first-order valence-electron chi connectivity index (χ1n) is 6.34. The molecule has 7 nitrogen and oxygen atoms in total. The lowest BCUT2D eigenvalue weighted by molar-refractivity contribution is 0.252. The zero-order chi connectivity index (χ0) is 16.1. The Hall–Kier alpha value is -2.63. The largest absolute Gasteiger partial charge is 0.484 e. The van der Waals surface area contributed by atoms with Gasteiger partial charge in [0, 0.05) is 17.4 Å². The van der Waals surface area contributed by atoms with Crippen molar-refractivity contribution in [2.75, 3.05) is 0 Å². The van der Waals surface area contributed by atoms with E-state index in [1.54, 1.807) is 24.3 Å². The Balaban J connectivity index is 1.64. The Morgan fingerprint density at radius 2 is 1.96 bits per heavy atom. The van der Waals surface area contributed by atoms with E-state index in [1.165, 1.54) is 12.4 Å². The zero-order valence-corrected chi connectivity index (χ0v) is 13.1. The van der Waals surface area contributed by atoms with Crippen molar-refractivity contribution in [2.45, 2.75) is 16.9 Å². The summed E-state index contributed by atoms with van der Waals surface area (Å²) in [5.41, 5.74) is 0.203. The summed E-state index contributed by atoms with van der Waals surface area (Å²) < 4.78 is 11.0. The minimum absolute atomic E-state index is 0.126. The Bertz CT molecular complexity index is 847. The molecule has 0 spiro atoms. The molecule has 1 aromatic carbocycles. The van der Waals surface area contributed by atoms with Gasteiger partial charge in [-0.15, -0.1) is 10.2 Å². The third kappa shape index (κ3) is 3.97. The summed E-state index contributed by atoms with van der Waals surface area (Å²) in [6.45, 7) is 0.126. The van der Waals surface area contributed by atoms with Crippen LogP contribution in [0, 0.1) is 11.3 Å². The fourth-order valence-electron chi connectivity index (χ4n) is 1.57. The average Bonchev–Trinajstić information content (AvgIpc) is 3.02. The van der Waals surface area contributed by atoms with Gasteiger partial charge in [-0.3, -0.25) is 0 Å². The molecule has 0 fully saturated rings. The number of hydrogen-bond donors (Lipinski definition) is 0. The summed E-state index contributed by atoms with van der Waals surface area (Å²) in [6, 6.07) is 8.89. The number of nitrogens with zero attached hydrogens (tertiary/aromatic N) is 5. The van der Waals surface area contributed by atoms with E-state index in [2.05, 4.69) is 20.2 Å². The molecule has 2 aromatic heterocycles. The Kier molecular flexibility index (Phi) is 4.71. The molecule has 3 rings (SSSR count). The standard InChI is InChI=1S/C14H8ClN5O2S/c15-9-1-3-10(4-2-9)21-8-12-19-20-14(22-12)23-13-11(7-16)17-5-6-18-13/h1-6H,8H2. The van der Waals surface area contributed by atoms with Crippen molar-refractivity contribution < 1.29 is 9.15 Å². The lowest BCUT2D eigenvalue weighted by atomic mass is 10.3. The molecule has 2 heterocycles. The predicted molar refractivity (Wildman–Crippen MR) is 81.0 cm³/mol. The summed E-state index contributed by atoms with van der Waals surface area (Å²) in [7, 11) is 0. The van der Waals surface area contributed by atoms with E-state index in [0.29, 0.717) is 21.7 Å². The van der Waals surface area contributed by atoms with Gasteiger partial charge < -0.3 is 9.15 Å². The number of aromatic nitrogens is 4. The monoisotopic (exact) mass is 345 g/mol. The van der Waals surface area contributed by atoms with Crippen molar-refractivity contribution in [1.82, 2.24) is 20.2 Å². The fraction of sp³-hybridized carbons (Fsp3) is 0.0714. The summed E-state index contributed by atoms with van der Waals surface area (Å²) in [4.78, 5) is 7.98. The molecule has 3 aromatic rings. The predicted octanol–water partition coefficient (Wildman–Crippen LogP) is 3.11. The van der Waals surface area contributed by atoms with Gasteiger partial charge in [0.15, 0.2) is 12.3 Å². The van der Waals surface area contributed by atoms with E-state index in [4.69, 9.17) is 26.0 Å². The summed E-state index contributed by atoms with van der Waals surface area (Å²) >= 11 is 6.87. The van der Waals surface area contributed by atoms with Crippen molar-refractivity contribution in [3.8, 4) is 11.8 Å². The molecule has 23 heavy (non-hydrogen) atoms. The molecule has 9 heteroatoms. The number of rotatable bonds is 5. The van der Waals surface area contributed by atoms with E-state index in [-0.39, 0.29) is 17.5 Å². The molecule has 0 aliphatic heterocycles. The molecule has 0 unspecified atom stereocenters. The fourth-order valence-corrected chi connectivity index (χ4v) is 2.39. The smallest absolute Gasteiger partial charge is 0.283 e. The maximum Gasteiger partial charge on any atom is 0.283 e. The van der Waals surface area contributed by atoms with E-state index in [1.807, 2.05) is 6.07 Å². The van der Waals surface area contributed by atoms with Crippen LogP contribution in [0.1, 0.15) is 11.6 Å². The Morgan fingerprint density at radius 3 is 2.74 bits per heavy atom. The second-order valence-corrected chi connectivity index (χ2v) is 5.50. The molecule has 0 aliphatic carbocycles. The Labute approximate surface area is 140 Å². The zero-order valence-electron chi connectivity index (χ0n) is 11.5. The highest BCUT2D eigenvalue weighted by molar-refractivity contribution is 7.99. The second kappa shape index (κ2) is 7.09. The SMILES string of the molecule is N#Cc1nccnc1Sc1nnc(COc2ccc(Cl)cc2)o1. The van der Waals surface area contributed by atoms with Crippen LogP contribution in [-0.2, 0) is 6.61 Å². The first-order valence-corrected chi connectivity index (χ1v) is 7.54. The maximum absolute atomic E-state index is 8.97. The number of halogens is 1. The second-order valence-electron chi connectivity index (χ2n) is 4.13. The van der Waals surface area contributed by atoms with Gasteiger partial charge in [0.05, 0.1) is 0 Å². The number of ether oxygens (including phenoxy) is 1. The number of benzene rings is 1. The van der Waals surface area contributed by atoms with Gasteiger partial charge in [-0.1, -0.05) is 11.6 Å². The Morgan fingerprint density at radius 1 is 1.17 bits per heavy atom. The van der Waals surface area contributed by atoms with Gasteiger partial charge in [-0.05, 0) is 36.0 Å². The summed E-state index contributed by atoms with van der Waals surface area (Å²) in [5.74, 6) is 0.951. The highest BCUT2D eigenvalue weighted by Gasteiger charge is 2.13. The third-order valence-corrected chi connectivity index (χ3v) is 3.66. The molecule has 0 bridgehead atoms. The normalized spacial score (nSPS) is 10.3. The van der Waals surface area contributed by atoms with Crippen LogP contribution in [0.4, 0.5) is 0 Å². The van der Waals surface area contributed by atoms with Gasteiger partial charge in [0.2, 0.25) is 0 Å². The minimum atomic E-state index is 0.126. The van der Waals surface area contributed by atoms with Crippen molar-refractivity contribution in [3.05, 3.63) is 53.3 Å². The third-order valence-electron chi connectivity index (χ3n) is 2.58.